The van der Waals surface area contributed by atoms with Crippen molar-refractivity contribution in [3.8, 4) is 5.75 Å². The van der Waals surface area contributed by atoms with Crippen molar-refractivity contribution >= 4 is 17.9 Å². The number of hydrogen-bond acceptors (Lipinski definition) is 20. The molecule has 0 spiro atoms. The van der Waals surface area contributed by atoms with Crippen molar-refractivity contribution in [3.05, 3.63) is 41.5 Å². The third-order valence-corrected chi connectivity index (χ3v) is 20.7. The number of aliphatic carboxylic acids is 1. The number of rotatable bonds is 12. The SMILES string of the molecule is CC1(C)CCC2(C(=O)OC3OCC(O)C(OC4OC(CO)C(O)C(O)C4O)C3OC(=O)CCc3ccc(O)cc3)C(O)CC3(C)C(=CCC4C5(C)CCC(OC6OC(C(=O)O)C(O)C(O)C6O)C(C)(C)C5CCC43C)C2C1. The number of hydrogen-bond donors (Lipinski definition) is 11. The van der Waals surface area contributed by atoms with Crippen LogP contribution < -0.4 is 0 Å². The first kappa shape index (κ1) is 58.3. The average Bonchev–Trinajstić information content (AvgIpc) is 3.45. The van der Waals surface area contributed by atoms with Crippen molar-refractivity contribution in [2.45, 2.75) is 217 Å². The van der Waals surface area contributed by atoms with E-state index in [4.69, 9.17) is 33.2 Å². The van der Waals surface area contributed by atoms with E-state index in [9.17, 15) is 65.8 Å². The molecular weight excluding hydrogens is 1010 g/mol. The Morgan fingerprint density at radius 1 is 0.701 bits per heavy atom. The molecule has 23 unspecified atom stereocenters. The molecule has 0 amide bonds. The maximum absolute atomic E-state index is 15.5. The van der Waals surface area contributed by atoms with Gasteiger partial charge in [-0.25, -0.2) is 4.79 Å². The fourth-order valence-electron chi connectivity index (χ4n) is 16.1. The van der Waals surface area contributed by atoms with Crippen LogP contribution in [-0.4, -0.2) is 186 Å². The number of carbonyl (C=O) groups excluding carboxylic acids is 2. The van der Waals surface area contributed by atoms with Crippen LogP contribution in [0.3, 0.4) is 0 Å². The molecule has 0 radical (unpaired) electrons. The molecule has 1 aromatic rings. The standard InChI is InChI=1S/C56H82O21/c1-51(2)20-21-56(50(70)77-49-45(74-36(61)15-10-26-8-11-27(58)12-9-26)43(30(59)25-71-49)75-47-41(66)38(63)37(62)31(24-57)72-47)29(22-51)28-13-14-33-53(5)18-17-35(73-48-42(67)39(64)40(65)44(76-48)46(68)69)52(3,4)32(53)16-19-54(33,6)55(28,7)23-34(56)60/h8-9,11-13,29-35,37-45,47-49,57-60,62-67H,10,14-25H2,1-7H3,(H,68,69). The Labute approximate surface area is 448 Å². The average molecular weight is 1090 g/mol. The molecule has 9 rings (SSSR count). The summed E-state index contributed by atoms with van der Waals surface area (Å²) in [4.78, 5) is 41.3. The summed E-state index contributed by atoms with van der Waals surface area (Å²) < 4.78 is 42.1. The molecule has 77 heavy (non-hydrogen) atoms. The first-order valence-corrected chi connectivity index (χ1v) is 27.5. The molecule has 3 aliphatic heterocycles. The molecule has 8 aliphatic rings. The van der Waals surface area contributed by atoms with Crippen molar-refractivity contribution in [1.82, 2.24) is 0 Å². The lowest BCUT2D eigenvalue weighted by atomic mass is 9.33. The van der Waals surface area contributed by atoms with Gasteiger partial charge in [-0.15, -0.1) is 0 Å². The molecule has 0 aromatic heterocycles. The molecule has 1 aromatic carbocycles. The van der Waals surface area contributed by atoms with Crippen molar-refractivity contribution < 1.29 is 104 Å². The Bertz CT molecular complexity index is 2360. The molecule has 3 heterocycles. The Balaban J connectivity index is 0.993. The van der Waals surface area contributed by atoms with Gasteiger partial charge in [0.25, 0.3) is 0 Å². The first-order chi connectivity index (χ1) is 36.0. The van der Waals surface area contributed by atoms with Crippen LogP contribution in [0.25, 0.3) is 0 Å². The fourth-order valence-corrected chi connectivity index (χ4v) is 16.1. The summed E-state index contributed by atoms with van der Waals surface area (Å²) in [5.74, 6) is -3.40. The molecule has 7 fully saturated rings. The van der Waals surface area contributed by atoms with Crippen molar-refractivity contribution in [3.63, 3.8) is 0 Å². The number of phenolic OH excluding ortho intramolecular Hbond substituents is 1. The van der Waals surface area contributed by atoms with Gasteiger partial charge >= 0.3 is 17.9 Å². The largest absolute Gasteiger partial charge is 0.508 e. The van der Waals surface area contributed by atoms with Crippen LogP contribution in [0.5, 0.6) is 5.75 Å². The lowest BCUT2D eigenvalue weighted by Gasteiger charge is -2.71. The number of aryl methyl sites for hydroxylation is 1. The van der Waals surface area contributed by atoms with E-state index in [0.29, 0.717) is 37.7 Å². The molecule has 3 saturated heterocycles. The Kier molecular flexibility index (Phi) is 16.0. The van der Waals surface area contributed by atoms with Crippen LogP contribution in [0, 0.1) is 50.2 Å². The Morgan fingerprint density at radius 3 is 2.03 bits per heavy atom. The highest BCUT2D eigenvalue weighted by molar-refractivity contribution is 5.80. The van der Waals surface area contributed by atoms with E-state index in [0.717, 1.165) is 18.4 Å². The zero-order valence-electron chi connectivity index (χ0n) is 45.1. The number of carbonyl (C=O) groups is 3. The summed E-state index contributed by atoms with van der Waals surface area (Å²) >= 11 is 0. The number of phenols is 1. The summed E-state index contributed by atoms with van der Waals surface area (Å²) in [6.07, 6.45) is -18.4. The van der Waals surface area contributed by atoms with E-state index in [1.165, 1.54) is 12.1 Å². The summed E-state index contributed by atoms with van der Waals surface area (Å²) in [5.41, 5.74) is -1.82. The summed E-state index contributed by atoms with van der Waals surface area (Å²) in [7, 11) is 0. The van der Waals surface area contributed by atoms with Crippen molar-refractivity contribution in [2.24, 2.45) is 50.2 Å². The molecule has 432 valence electrons. The van der Waals surface area contributed by atoms with E-state index in [-0.39, 0.29) is 59.5 Å². The molecule has 21 heteroatoms. The highest BCUT2D eigenvalue weighted by atomic mass is 16.8. The highest BCUT2D eigenvalue weighted by Crippen LogP contribution is 2.76. The maximum atomic E-state index is 15.5. The van der Waals surface area contributed by atoms with Gasteiger partial charge in [-0.2, -0.15) is 0 Å². The van der Waals surface area contributed by atoms with Crippen LogP contribution in [0.2, 0.25) is 0 Å². The predicted octanol–water partition coefficient (Wildman–Crippen LogP) is 1.73. The molecule has 5 aliphatic carbocycles. The third-order valence-electron chi connectivity index (χ3n) is 20.7. The monoisotopic (exact) mass is 1090 g/mol. The van der Waals surface area contributed by atoms with Crippen LogP contribution in [0.4, 0.5) is 0 Å². The number of aliphatic hydroxyl groups is 9. The molecule has 0 bridgehead atoms. The molecular formula is C56H82O21. The van der Waals surface area contributed by atoms with Gasteiger partial charge in [0.2, 0.25) is 6.29 Å². The smallest absolute Gasteiger partial charge is 0.335 e. The number of carboxylic acids is 1. The van der Waals surface area contributed by atoms with Crippen LogP contribution >= 0.6 is 0 Å². The van der Waals surface area contributed by atoms with Gasteiger partial charge in [-0.3, -0.25) is 9.59 Å². The highest BCUT2D eigenvalue weighted by Gasteiger charge is 2.72. The van der Waals surface area contributed by atoms with Gasteiger partial charge < -0.3 is 89.3 Å². The van der Waals surface area contributed by atoms with Gasteiger partial charge in [-0.1, -0.05) is 72.2 Å². The van der Waals surface area contributed by atoms with Gasteiger partial charge in [0.15, 0.2) is 24.8 Å². The topological polar surface area (TPSA) is 338 Å². The van der Waals surface area contributed by atoms with Crippen LogP contribution in [0.1, 0.15) is 118 Å². The number of benzene rings is 1. The molecule has 21 nitrogen and oxygen atoms in total. The zero-order valence-corrected chi connectivity index (χ0v) is 45.1. The Morgan fingerprint density at radius 2 is 1.36 bits per heavy atom. The second-order valence-corrected chi connectivity index (χ2v) is 25.8. The summed E-state index contributed by atoms with van der Waals surface area (Å²) in [6, 6.07) is 6.20. The fraction of sp³-hybridized carbons (Fsp3) is 0.804. The number of aromatic hydroxyl groups is 1. The number of carboxylic acid groups (broad SMARTS) is 1. The number of fused-ring (bicyclic) bond motifs is 7. The van der Waals surface area contributed by atoms with Crippen LogP contribution in [0.15, 0.2) is 35.9 Å². The van der Waals surface area contributed by atoms with Crippen LogP contribution in [-0.2, 0) is 54.0 Å². The minimum Gasteiger partial charge on any atom is -0.508 e. The number of ether oxygens (including phenoxy) is 7. The minimum absolute atomic E-state index is 0.0327. The molecule has 11 N–H and O–H groups in total. The summed E-state index contributed by atoms with van der Waals surface area (Å²) in [5, 5.41) is 118. The van der Waals surface area contributed by atoms with E-state index in [2.05, 4.69) is 54.5 Å². The first-order valence-electron chi connectivity index (χ1n) is 27.5. The number of aliphatic hydroxyl groups excluding tert-OH is 9. The third kappa shape index (κ3) is 9.86. The molecule has 23 atom stereocenters. The number of allylic oxidation sites excluding steroid dienone is 2. The predicted molar refractivity (Wildman–Crippen MR) is 266 cm³/mol. The normalized spacial score (nSPS) is 47.2. The lowest BCUT2D eigenvalue weighted by Crippen LogP contribution is -2.68. The Hall–Kier alpha value is -3.39. The lowest BCUT2D eigenvalue weighted by molar-refractivity contribution is -0.347. The molecule has 4 saturated carbocycles. The minimum atomic E-state index is -1.90. The second kappa shape index (κ2) is 21.2. The summed E-state index contributed by atoms with van der Waals surface area (Å²) in [6.45, 7) is 14.1. The van der Waals surface area contributed by atoms with Crippen molar-refractivity contribution in [2.75, 3.05) is 13.2 Å². The van der Waals surface area contributed by atoms with E-state index in [1.807, 2.05) is 0 Å². The second-order valence-electron chi connectivity index (χ2n) is 25.8. The van der Waals surface area contributed by atoms with Crippen molar-refractivity contribution in [1.29, 1.82) is 0 Å². The van der Waals surface area contributed by atoms with Gasteiger partial charge in [0.05, 0.1) is 25.4 Å². The van der Waals surface area contributed by atoms with E-state index in [1.54, 1.807) is 12.1 Å². The van der Waals surface area contributed by atoms with Gasteiger partial charge in [-0.05, 0) is 127 Å². The van der Waals surface area contributed by atoms with E-state index >= 15 is 4.79 Å². The van der Waals surface area contributed by atoms with Gasteiger partial charge in [0.1, 0.15) is 66.1 Å². The van der Waals surface area contributed by atoms with Gasteiger partial charge in [0, 0.05) is 6.42 Å². The number of esters is 2. The quantitative estimate of drug-likeness (QED) is 0.0807. The van der Waals surface area contributed by atoms with E-state index < -0.39 is 152 Å². The zero-order chi connectivity index (χ0) is 56.1. The maximum Gasteiger partial charge on any atom is 0.335 e.